The van der Waals surface area contributed by atoms with Crippen LogP contribution in [0.15, 0.2) is 28.1 Å². The molecule has 1 fully saturated rings. The van der Waals surface area contributed by atoms with Crippen molar-refractivity contribution in [3.8, 4) is 5.75 Å². The number of thioether (sulfide) groups is 1. The number of amides is 1. The first kappa shape index (κ1) is 16.5. The lowest BCUT2D eigenvalue weighted by molar-refractivity contribution is -0.384. The maximum atomic E-state index is 12.1. The molecule has 126 valence electrons. The van der Waals surface area contributed by atoms with E-state index in [-0.39, 0.29) is 11.6 Å². The zero-order valence-corrected chi connectivity index (χ0v) is 13.7. The predicted molar refractivity (Wildman–Crippen MR) is 90.1 cm³/mol. The lowest BCUT2D eigenvalue weighted by Crippen LogP contribution is -2.38. The third-order valence-electron chi connectivity index (χ3n) is 3.60. The van der Waals surface area contributed by atoms with Gasteiger partial charge in [-0.1, -0.05) is 0 Å². The van der Waals surface area contributed by atoms with Crippen molar-refractivity contribution in [3.63, 3.8) is 0 Å². The van der Waals surface area contributed by atoms with E-state index in [0.29, 0.717) is 47.7 Å². The van der Waals surface area contributed by atoms with Crippen molar-refractivity contribution < 1.29 is 19.2 Å². The largest absolute Gasteiger partial charge is 0.496 e. The SMILES string of the molecule is COc1ccc([N+](=O)[O-])cc1/C=C1\SC(N2CCOCC2)=NC1=O. The van der Waals surface area contributed by atoms with E-state index in [1.807, 2.05) is 4.90 Å². The summed E-state index contributed by atoms with van der Waals surface area (Å²) in [5.41, 5.74) is 0.411. The monoisotopic (exact) mass is 349 g/mol. The van der Waals surface area contributed by atoms with Gasteiger partial charge in [0.2, 0.25) is 0 Å². The molecule has 0 atom stereocenters. The average Bonchev–Trinajstić information content (AvgIpc) is 2.96. The Bertz CT molecular complexity index is 741. The van der Waals surface area contributed by atoms with Crippen molar-refractivity contribution in [2.75, 3.05) is 33.4 Å². The van der Waals surface area contributed by atoms with Crippen molar-refractivity contribution in [3.05, 3.63) is 38.8 Å². The molecule has 2 aliphatic rings. The van der Waals surface area contributed by atoms with Gasteiger partial charge < -0.3 is 14.4 Å². The quantitative estimate of drug-likeness (QED) is 0.467. The van der Waals surface area contributed by atoms with Crippen LogP contribution < -0.4 is 4.74 Å². The molecule has 2 aliphatic heterocycles. The molecule has 2 heterocycles. The Labute approximate surface area is 142 Å². The molecule has 0 aromatic heterocycles. The van der Waals surface area contributed by atoms with Crippen LogP contribution in [-0.2, 0) is 9.53 Å². The minimum absolute atomic E-state index is 0.0626. The van der Waals surface area contributed by atoms with Crippen LogP contribution in [0.25, 0.3) is 6.08 Å². The fraction of sp³-hybridized carbons (Fsp3) is 0.333. The van der Waals surface area contributed by atoms with E-state index in [2.05, 4.69) is 4.99 Å². The number of hydrogen-bond donors (Lipinski definition) is 0. The molecule has 9 heteroatoms. The van der Waals surface area contributed by atoms with Gasteiger partial charge in [0.25, 0.3) is 11.6 Å². The summed E-state index contributed by atoms with van der Waals surface area (Å²) >= 11 is 1.26. The Morgan fingerprint density at radius 3 is 2.83 bits per heavy atom. The van der Waals surface area contributed by atoms with Gasteiger partial charge in [-0.3, -0.25) is 14.9 Å². The van der Waals surface area contributed by atoms with E-state index in [0.717, 1.165) is 0 Å². The van der Waals surface area contributed by atoms with Crippen LogP contribution in [0.1, 0.15) is 5.56 Å². The highest BCUT2D eigenvalue weighted by molar-refractivity contribution is 8.18. The van der Waals surface area contributed by atoms with E-state index in [1.54, 1.807) is 6.08 Å². The Balaban J connectivity index is 1.85. The fourth-order valence-corrected chi connectivity index (χ4v) is 3.33. The molecule has 0 N–H and O–H groups in total. The first-order chi connectivity index (χ1) is 11.6. The summed E-state index contributed by atoms with van der Waals surface area (Å²) in [7, 11) is 1.47. The number of aliphatic imine (C=N–C) groups is 1. The van der Waals surface area contributed by atoms with Crippen LogP contribution in [-0.4, -0.2) is 54.3 Å². The van der Waals surface area contributed by atoms with Gasteiger partial charge >= 0.3 is 0 Å². The molecule has 24 heavy (non-hydrogen) atoms. The number of non-ortho nitro benzene ring substituents is 1. The highest BCUT2D eigenvalue weighted by Gasteiger charge is 2.27. The number of hydrogen-bond acceptors (Lipinski definition) is 7. The normalized spacial score (nSPS) is 19.5. The molecule has 8 nitrogen and oxygen atoms in total. The predicted octanol–water partition coefficient (Wildman–Crippen LogP) is 1.91. The van der Waals surface area contributed by atoms with E-state index in [9.17, 15) is 14.9 Å². The second kappa shape index (κ2) is 7.02. The molecule has 1 aromatic rings. The number of rotatable bonds is 3. The van der Waals surface area contributed by atoms with E-state index < -0.39 is 4.92 Å². The maximum absolute atomic E-state index is 12.1. The fourth-order valence-electron chi connectivity index (χ4n) is 2.38. The van der Waals surface area contributed by atoms with Crippen molar-refractivity contribution in [1.82, 2.24) is 4.90 Å². The summed E-state index contributed by atoms with van der Waals surface area (Å²) in [5, 5.41) is 11.6. The summed E-state index contributed by atoms with van der Waals surface area (Å²) in [5.74, 6) is 0.108. The van der Waals surface area contributed by atoms with Crippen LogP contribution in [0.2, 0.25) is 0 Å². The van der Waals surface area contributed by atoms with E-state index in [1.165, 1.54) is 37.1 Å². The lowest BCUT2D eigenvalue weighted by Gasteiger charge is -2.27. The van der Waals surface area contributed by atoms with Gasteiger partial charge in [-0.05, 0) is 23.9 Å². The third kappa shape index (κ3) is 3.41. The summed E-state index contributed by atoms with van der Waals surface area (Å²) in [4.78, 5) is 29.1. The van der Waals surface area contributed by atoms with Crippen LogP contribution in [0.4, 0.5) is 5.69 Å². The average molecular weight is 349 g/mol. The molecule has 1 saturated heterocycles. The van der Waals surface area contributed by atoms with Crippen molar-refractivity contribution >= 4 is 34.6 Å². The molecular formula is C15H15N3O5S. The number of nitro benzene ring substituents is 1. The molecule has 0 saturated carbocycles. The van der Waals surface area contributed by atoms with Crippen LogP contribution in [0.5, 0.6) is 5.75 Å². The number of ether oxygens (including phenoxy) is 2. The summed E-state index contributed by atoms with van der Waals surface area (Å²) in [6.07, 6.45) is 1.58. The zero-order chi connectivity index (χ0) is 17.1. The summed E-state index contributed by atoms with van der Waals surface area (Å²) in [6, 6.07) is 4.25. The molecule has 0 radical (unpaired) electrons. The van der Waals surface area contributed by atoms with Crippen molar-refractivity contribution in [2.45, 2.75) is 0 Å². The number of carbonyl (C=O) groups is 1. The van der Waals surface area contributed by atoms with Crippen molar-refractivity contribution in [2.24, 2.45) is 4.99 Å². The maximum Gasteiger partial charge on any atom is 0.286 e. The van der Waals surface area contributed by atoms with Gasteiger partial charge in [-0.15, -0.1) is 0 Å². The number of methoxy groups -OCH3 is 1. The number of carbonyl (C=O) groups excluding carboxylic acids is 1. The molecule has 0 aliphatic carbocycles. The topological polar surface area (TPSA) is 94.3 Å². The summed E-state index contributed by atoms with van der Waals surface area (Å²) in [6.45, 7) is 2.58. The minimum Gasteiger partial charge on any atom is -0.496 e. The Hall–Kier alpha value is -2.39. The zero-order valence-electron chi connectivity index (χ0n) is 12.9. The highest BCUT2D eigenvalue weighted by atomic mass is 32.2. The number of nitro groups is 1. The number of morpholine rings is 1. The van der Waals surface area contributed by atoms with Crippen LogP contribution >= 0.6 is 11.8 Å². The van der Waals surface area contributed by atoms with Crippen LogP contribution in [0.3, 0.4) is 0 Å². The molecule has 3 rings (SSSR count). The summed E-state index contributed by atoms with van der Waals surface area (Å²) < 4.78 is 10.5. The molecular weight excluding hydrogens is 334 g/mol. The van der Waals surface area contributed by atoms with Gasteiger partial charge in [-0.2, -0.15) is 4.99 Å². The Morgan fingerprint density at radius 2 is 2.17 bits per heavy atom. The number of amidine groups is 1. The van der Waals surface area contributed by atoms with Gasteiger partial charge in [-0.25, -0.2) is 0 Å². The standard InChI is InChI=1S/C15H15N3O5S/c1-22-12-3-2-11(18(20)21)8-10(12)9-13-14(19)16-15(24-13)17-4-6-23-7-5-17/h2-3,8-9H,4-7H2,1H3/b13-9-. The second-order valence-corrected chi connectivity index (χ2v) is 6.10. The van der Waals surface area contributed by atoms with E-state index >= 15 is 0 Å². The Kier molecular flexibility index (Phi) is 4.81. The third-order valence-corrected chi connectivity index (χ3v) is 4.65. The molecule has 1 aromatic carbocycles. The first-order valence-electron chi connectivity index (χ1n) is 7.26. The number of benzene rings is 1. The first-order valence-corrected chi connectivity index (χ1v) is 8.08. The van der Waals surface area contributed by atoms with Gasteiger partial charge in [0, 0.05) is 30.8 Å². The van der Waals surface area contributed by atoms with Crippen LogP contribution in [0, 0.1) is 10.1 Å². The van der Waals surface area contributed by atoms with Gasteiger partial charge in [0.1, 0.15) is 5.75 Å². The minimum atomic E-state index is -0.485. The van der Waals surface area contributed by atoms with E-state index in [4.69, 9.17) is 9.47 Å². The smallest absolute Gasteiger partial charge is 0.286 e. The second-order valence-electron chi connectivity index (χ2n) is 5.09. The Morgan fingerprint density at radius 1 is 1.42 bits per heavy atom. The lowest BCUT2D eigenvalue weighted by atomic mass is 10.1. The molecule has 0 spiro atoms. The number of nitrogens with zero attached hydrogens (tertiary/aromatic N) is 3. The molecule has 0 unspecified atom stereocenters. The molecule has 0 bridgehead atoms. The highest BCUT2D eigenvalue weighted by Crippen LogP contribution is 2.33. The van der Waals surface area contributed by atoms with Gasteiger partial charge in [0.05, 0.1) is 30.2 Å². The van der Waals surface area contributed by atoms with Gasteiger partial charge in [0.15, 0.2) is 5.17 Å². The molecule has 1 amide bonds. The van der Waals surface area contributed by atoms with Crippen molar-refractivity contribution in [1.29, 1.82) is 0 Å².